The zero-order valence-electron chi connectivity index (χ0n) is 13.4. The van der Waals surface area contributed by atoms with Crippen molar-refractivity contribution in [2.45, 2.75) is 27.2 Å². The molecular formula is C14H26N2O6. The Bertz CT molecular complexity index is 328. The Kier molecular flexibility index (Phi) is 17.7. The molecule has 8 heteroatoms. The molecule has 0 aliphatic rings. The fourth-order valence-corrected chi connectivity index (χ4v) is 0.977. The number of carbonyl (C=O) groups excluding carboxylic acids is 3. The summed E-state index contributed by atoms with van der Waals surface area (Å²) in [4.78, 5) is 30.7. The fourth-order valence-electron chi connectivity index (χ4n) is 0.977. The number of hydroxylamine groups is 1. The van der Waals surface area contributed by atoms with Crippen molar-refractivity contribution in [3.05, 3.63) is 12.2 Å². The number of amides is 2. The van der Waals surface area contributed by atoms with Crippen molar-refractivity contribution in [1.82, 2.24) is 10.8 Å². The second-order valence-electron chi connectivity index (χ2n) is 4.15. The van der Waals surface area contributed by atoms with Crippen LogP contribution in [0.25, 0.3) is 0 Å². The van der Waals surface area contributed by atoms with Crippen LogP contribution in [0.1, 0.15) is 27.2 Å². The normalized spacial score (nSPS) is 9.82. The van der Waals surface area contributed by atoms with Crippen LogP contribution in [-0.2, 0) is 19.1 Å². The van der Waals surface area contributed by atoms with E-state index in [1.165, 1.54) is 31.5 Å². The lowest BCUT2D eigenvalue weighted by Crippen LogP contribution is -2.35. The second kappa shape index (κ2) is 17.3. The van der Waals surface area contributed by atoms with E-state index in [1.807, 2.05) is 6.92 Å². The number of nitrogens with one attached hydrogen (secondary N) is 2. The van der Waals surface area contributed by atoms with Crippen LogP contribution < -0.4 is 10.8 Å². The van der Waals surface area contributed by atoms with Crippen molar-refractivity contribution in [2.24, 2.45) is 0 Å². The number of rotatable bonds is 10. The summed E-state index contributed by atoms with van der Waals surface area (Å²) in [5, 5.41) is 10.5. The van der Waals surface area contributed by atoms with Crippen LogP contribution in [0.3, 0.4) is 0 Å². The molecule has 0 fully saturated rings. The fraction of sp³-hybridized carbons (Fsp3) is 0.643. The first-order valence-electron chi connectivity index (χ1n) is 6.96. The third-order valence-electron chi connectivity index (χ3n) is 1.91. The van der Waals surface area contributed by atoms with Crippen LogP contribution in [0.2, 0.25) is 0 Å². The Balaban J connectivity index is 0. The summed E-state index contributed by atoms with van der Waals surface area (Å²) in [5.74, 6) is -0.194. The van der Waals surface area contributed by atoms with E-state index in [0.29, 0.717) is 26.4 Å². The first kappa shape index (κ1) is 22.5. The molecule has 0 bridgehead atoms. The van der Waals surface area contributed by atoms with Crippen molar-refractivity contribution >= 4 is 17.6 Å². The number of urea groups is 1. The first-order chi connectivity index (χ1) is 10.4. The van der Waals surface area contributed by atoms with Crippen molar-refractivity contribution in [3.8, 4) is 0 Å². The third kappa shape index (κ3) is 23.3. The van der Waals surface area contributed by atoms with Gasteiger partial charge in [0.2, 0.25) is 0 Å². The smallest absolute Gasteiger partial charge is 0.338 e. The minimum Gasteiger partial charge on any atom is -0.379 e. The number of allylic oxidation sites excluding steroid dienone is 2. The Hall–Kier alpha value is -1.77. The van der Waals surface area contributed by atoms with E-state index >= 15 is 0 Å². The SMILES string of the molecule is CC(=O)/C=C\C(C)=O.CCCOCCOCCNC(=O)NO. The summed E-state index contributed by atoms with van der Waals surface area (Å²) in [6.45, 7) is 7.44. The maximum absolute atomic E-state index is 10.4. The van der Waals surface area contributed by atoms with Gasteiger partial charge in [0.1, 0.15) is 0 Å². The first-order valence-corrected chi connectivity index (χ1v) is 6.96. The van der Waals surface area contributed by atoms with E-state index in [-0.39, 0.29) is 11.6 Å². The molecule has 0 aromatic rings. The van der Waals surface area contributed by atoms with Gasteiger partial charge in [-0.1, -0.05) is 6.92 Å². The van der Waals surface area contributed by atoms with E-state index in [9.17, 15) is 14.4 Å². The molecule has 0 saturated carbocycles. The predicted octanol–water partition coefficient (Wildman–Crippen LogP) is 0.839. The van der Waals surface area contributed by atoms with Gasteiger partial charge in [-0.2, -0.15) is 0 Å². The number of ketones is 2. The molecule has 128 valence electrons. The summed E-state index contributed by atoms with van der Waals surface area (Å²) in [6, 6.07) is -0.629. The molecule has 0 aromatic heterocycles. The lowest BCUT2D eigenvalue weighted by atomic mass is 10.3. The van der Waals surface area contributed by atoms with Crippen LogP contribution in [0, 0.1) is 0 Å². The zero-order chi connectivity index (χ0) is 17.2. The molecule has 0 spiro atoms. The van der Waals surface area contributed by atoms with Gasteiger partial charge >= 0.3 is 6.03 Å². The Morgan fingerprint density at radius 1 is 0.955 bits per heavy atom. The maximum Gasteiger partial charge on any atom is 0.338 e. The van der Waals surface area contributed by atoms with Crippen LogP contribution in [0.5, 0.6) is 0 Å². The Morgan fingerprint density at radius 2 is 1.45 bits per heavy atom. The average molecular weight is 318 g/mol. The Morgan fingerprint density at radius 3 is 1.86 bits per heavy atom. The van der Waals surface area contributed by atoms with Gasteiger partial charge in [0.15, 0.2) is 11.6 Å². The molecule has 0 aromatic carbocycles. The van der Waals surface area contributed by atoms with Gasteiger partial charge < -0.3 is 14.8 Å². The largest absolute Gasteiger partial charge is 0.379 e. The van der Waals surface area contributed by atoms with Crippen molar-refractivity contribution in [2.75, 3.05) is 33.0 Å². The van der Waals surface area contributed by atoms with E-state index in [4.69, 9.17) is 14.7 Å². The highest BCUT2D eigenvalue weighted by atomic mass is 16.5. The monoisotopic (exact) mass is 318 g/mol. The van der Waals surface area contributed by atoms with Crippen LogP contribution in [0.15, 0.2) is 12.2 Å². The molecule has 8 nitrogen and oxygen atoms in total. The highest BCUT2D eigenvalue weighted by Crippen LogP contribution is 1.81. The topological polar surface area (TPSA) is 114 Å². The van der Waals surface area contributed by atoms with Crippen LogP contribution in [0.4, 0.5) is 4.79 Å². The molecule has 0 unspecified atom stereocenters. The minimum atomic E-state index is -0.629. The summed E-state index contributed by atoms with van der Waals surface area (Å²) in [7, 11) is 0. The summed E-state index contributed by atoms with van der Waals surface area (Å²) in [5.41, 5.74) is 1.45. The van der Waals surface area contributed by atoms with Crippen molar-refractivity contribution < 1.29 is 29.1 Å². The molecule has 0 radical (unpaired) electrons. The van der Waals surface area contributed by atoms with Gasteiger partial charge in [-0.05, 0) is 32.4 Å². The van der Waals surface area contributed by atoms with Crippen LogP contribution in [-0.4, -0.2) is 55.8 Å². The summed E-state index contributed by atoms with van der Waals surface area (Å²) >= 11 is 0. The van der Waals surface area contributed by atoms with Crippen LogP contribution >= 0.6 is 0 Å². The van der Waals surface area contributed by atoms with Crippen molar-refractivity contribution in [3.63, 3.8) is 0 Å². The third-order valence-corrected chi connectivity index (χ3v) is 1.91. The molecule has 0 saturated heterocycles. The predicted molar refractivity (Wildman–Crippen MR) is 80.8 cm³/mol. The van der Waals surface area contributed by atoms with Gasteiger partial charge in [-0.25, -0.2) is 10.3 Å². The van der Waals surface area contributed by atoms with E-state index < -0.39 is 6.03 Å². The van der Waals surface area contributed by atoms with Gasteiger partial charge in [0, 0.05) is 13.2 Å². The standard InChI is InChI=1S/C8H18N2O4.C6H8O2/c1-2-4-13-6-7-14-5-3-9-8(11)10-12;1-5(7)3-4-6(2)8/h12H,2-7H2,1H3,(H2,9,10,11);3-4H,1-2H3/b;4-3-. The highest BCUT2D eigenvalue weighted by Gasteiger charge is 1.94. The number of hydrogen-bond donors (Lipinski definition) is 3. The average Bonchev–Trinajstić information content (AvgIpc) is 2.48. The van der Waals surface area contributed by atoms with E-state index in [0.717, 1.165) is 13.0 Å². The summed E-state index contributed by atoms with van der Waals surface area (Å²) < 4.78 is 10.3. The highest BCUT2D eigenvalue weighted by molar-refractivity contribution is 5.96. The lowest BCUT2D eigenvalue weighted by Gasteiger charge is -2.05. The quantitative estimate of drug-likeness (QED) is 0.238. The number of hydrogen-bond acceptors (Lipinski definition) is 6. The van der Waals surface area contributed by atoms with Gasteiger partial charge in [-0.15, -0.1) is 0 Å². The molecule has 2 amide bonds. The molecule has 0 atom stereocenters. The van der Waals surface area contributed by atoms with Gasteiger partial charge in [0.05, 0.1) is 19.8 Å². The van der Waals surface area contributed by atoms with E-state index in [1.54, 1.807) is 0 Å². The summed E-state index contributed by atoms with van der Waals surface area (Å²) in [6.07, 6.45) is 3.50. The maximum atomic E-state index is 10.4. The molecule has 3 N–H and O–H groups in total. The Labute approximate surface area is 130 Å². The second-order valence-corrected chi connectivity index (χ2v) is 4.15. The lowest BCUT2D eigenvalue weighted by molar-refractivity contribution is -0.114. The minimum absolute atomic E-state index is 0.0970. The molecule has 0 aliphatic carbocycles. The van der Waals surface area contributed by atoms with E-state index in [2.05, 4.69) is 5.32 Å². The molecule has 22 heavy (non-hydrogen) atoms. The number of carbonyl (C=O) groups is 3. The van der Waals surface area contributed by atoms with Crippen molar-refractivity contribution in [1.29, 1.82) is 0 Å². The molecule has 0 aliphatic heterocycles. The zero-order valence-corrected chi connectivity index (χ0v) is 13.4. The molecule has 0 heterocycles. The number of ether oxygens (including phenoxy) is 2. The van der Waals surface area contributed by atoms with Gasteiger partial charge in [0.25, 0.3) is 0 Å². The van der Waals surface area contributed by atoms with Gasteiger partial charge in [-0.3, -0.25) is 14.8 Å². The molecular weight excluding hydrogens is 292 g/mol. The molecule has 0 rings (SSSR count).